The second kappa shape index (κ2) is 9.02. The van der Waals surface area contributed by atoms with Crippen LogP contribution in [0, 0.1) is 6.92 Å². The van der Waals surface area contributed by atoms with Crippen LogP contribution in [0.15, 0.2) is 53.4 Å². The predicted octanol–water partition coefficient (Wildman–Crippen LogP) is 3.49. The van der Waals surface area contributed by atoms with Gasteiger partial charge >= 0.3 is 0 Å². The maximum Gasteiger partial charge on any atom is 0.267 e. The molecule has 0 bridgehead atoms. The predicted molar refractivity (Wildman–Crippen MR) is 120 cm³/mol. The summed E-state index contributed by atoms with van der Waals surface area (Å²) in [7, 11) is -1.73. The molecule has 0 radical (unpaired) electrons. The summed E-state index contributed by atoms with van der Waals surface area (Å²) in [5, 5.41) is 3.70. The molecular weight excluding hydrogens is 398 g/mol. The summed E-state index contributed by atoms with van der Waals surface area (Å²) in [5.41, 5.74) is 3.74. The molecule has 0 saturated carbocycles. The number of nitrogens with one attached hydrogen (secondary N) is 1. The van der Waals surface area contributed by atoms with Gasteiger partial charge in [-0.05, 0) is 48.7 Å². The third-order valence-corrected chi connectivity index (χ3v) is 7.58. The Labute approximate surface area is 178 Å². The molecule has 0 aliphatic rings. The first-order valence-corrected chi connectivity index (χ1v) is 11.7. The smallest absolute Gasteiger partial charge is 0.267 e. The minimum absolute atomic E-state index is 0.171. The van der Waals surface area contributed by atoms with Crippen LogP contribution in [0.1, 0.15) is 35.5 Å². The number of sulfonamides is 1. The Kier molecular flexibility index (Phi) is 6.63. The first-order valence-electron chi connectivity index (χ1n) is 10.2. The normalized spacial score (nSPS) is 11.9. The maximum atomic E-state index is 12.8. The molecule has 0 atom stereocenters. The average Bonchev–Trinajstić information content (AvgIpc) is 3.06. The van der Waals surface area contributed by atoms with Gasteiger partial charge in [0.2, 0.25) is 10.0 Å². The van der Waals surface area contributed by atoms with E-state index in [2.05, 4.69) is 24.4 Å². The zero-order valence-electron chi connectivity index (χ0n) is 18.0. The highest BCUT2D eigenvalue weighted by molar-refractivity contribution is 7.89. The number of carbonyl (C=O) groups excluding carboxylic acids is 1. The van der Waals surface area contributed by atoms with Crippen molar-refractivity contribution in [1.29, 1.82) is 0 Å². The van der Waals surface area contributed by atoms with Crippen LogP contribution in [-0.2, 0) is 23.5 Å². The van der Waals surface area contributed by atoms with Crippen LogP contribution in [0.2, 0.25) is 0 Å². The Morgan fingerprint density at radius 2 is 1.77 bits per heavy atom. The molecule has 1 N–H and O–H groups in total. The van der Waals surface area contributed by atoms with Gasteiger partial charge in [-0.2, -0.15) is 4.31 Å². The van der Waals surface area contributed by atoms with Gasteiger partial charge in [0.1, 0.15) is 5.69 Å². The fourth-order valence-electron chi connectivity index (χ4n) is 3.71. The summed E-state index contributed by atoms with van der Waals surface area (Å²) in [6.45, 7) is 7.07. The summed E-state index contributed by atoms with van der Waals surface area (Å²) < 4.78 is 28.8. The largest absolute Gasteiger partial charge is 0.350 e. The Morgan fingerprint density at radius 3 is 2.43 bits per heavy atom. The molecule has 6 nitrogen and oxygen atoms in total. The zero-order valence-corrected chi connectivity index (χ0v) is 18.8. The van der Waals surface area contributed by atoms with E-state index in [-0.39, 0.29) is 10.8 Å². The quantitative estimate of drug-likeness (QED) is 0.598. The first kappa shape index (κ1) is 22.1. The van der Waals surface area contributed by atoms with Crippen molar-refractivity contribution in [3.63, 3.8) is 0 Å². The van der Waals surface area contributed by atoms with Gasteiger partial charge < -0.3 is 9.88 Å². The Morgan fingerprint density at radius 1 is 1.07 bits per heavy atom. The molecule has 0 unspecified atom stereocenters. The molecule has 0 fully saturated rings. The van der Waals surface area contributed by atoms with Crippen molar-refractivity contribution >= 4 is 26.8 Å². The van der Waals surface area contributed by atoms with E-state index in [0.717, 1.165) is 17.3 Å². The van der Waals surface area contributed by atoms with E-state index in [4.69, 9.17) is 0 Å². The van der Waals surface area contributed by atoms with Gasteiger partial charge in [-0.25, -0.2) is 8.42 Å². The van der Waals surface area contributed by atoms with Gasteiger partial charge in [0.05, 0.1) is 4.90 Å². The highest BCUT2D eigenvalue weighted by atomic mass is 32.2. The summed E-state index contributed by atoms with van der Waals surface area (Å²) in [4.78, 5) is 13.0. The third-order valence-electron chi connectivity index (χ3n) is 5.53. The number of rotatable bonds is 8. The second-order valence-electron chi connectivity index (χ2n) is 7.33. The molecule has 1 aromatic heterocycles. The lowest BCUT2D eigenvalue weighted by molar-refractivity contribution is 0.0946. The van der Waals surface area contributed by atoms with Crippen molar-refractivity contribution in [2.75, 3.05) is 19.6 Å². The van der Waals surface area contributed by atoms with Gasteiger partial charge in [0.25, 0.3) is 5.91 Å². The van der Waals surface area contributed by atoms with E-state index in [1.165, 1.54) is 15.4 Å². The molecular formula is C23H29N3O3S. The Balaban J connectivity index is 1.81. The van der Waals surface area contributed by atoms with Crippen LogP contribution >= 0.6 is 0 Å². The van der Waals surface area contributed by atoms with E-state index in [0.29, 0.717) is 25.3 Å². The highest BCUT2D eigenvalue weighted by Gasteiger charge is 2.23. The van der Waals surface area contributed by atoms with E-state index < -0.39 is 10.0 Å². The number of hydrogen-bond donors (Lipinski definition) is 1. The van der Waals surface area contributed by atoms with Gasteiger partial charge in [-0.3, -0.25) is 4.79 Å². The first-order chi connectivity index (χ1) is 14.3. The maximum absolute atomic E-state index is 12.8. The number of benzene rings is 2. The lowest BCUT2D eigenvalue weighted by atomic mass is 10.1. The standard InChI is InChI=1S/C23H29N3O3S/c1-5-26(6-2)30(28,29)20-11-12-21-19(15-20)16-22(25(21)4)23(27)24-14-13-18-10-8-7-9-17(18)3/h7-12,15-16H,5-6,13-14H2,1-4H3,(H,24,27). The van der Waals surface area contributed by atoms with Crippen molar-refractivity contribution in [2.24, 2.45) is 7.05 Å². The molecule has 1 heterocycles. The lowest BCUT2D eigenvalue weighted by Gasteiger charge is -2.18. The van der Waals surface area contributed by atoms with E-state index in [1.54, 1.807) is 28.8 Å². The molecule has 30 heavy (non-hydrogen) atoms. The number of fused-ring (bicyclic) bond motifs is 1. The molecule has 3 aromatic rings. The Bertz CT molecular complexity index is 1160. The molecule has 0 aliphatic heterocycles. The summed E-state index contributed by atoms with van der Waals surface area (Å²) in [5.74, 6) is -0.171. The van der Waals surface area contributed by atoms with Crippen molar-refractivity contribution in [1.82, 2.24) is 14.2 Å². The fourth-order valence-corrected chi connectivity index (χ4v) is 5.20. The molecule has 3 rings (SSSR count). The van der Waals surface area contributed by atoms with Gasteiger partial charge in [0.15, 0.2) is 0 Å². The zero-order chi connectivity index (χ0) is 21.9. The van der Waals surface area contributed by atoms with Crippen LogP contribution in [-0.4, -0.2) is 42.8 Å². The number of nitrogens with zero attached hydrogens (tertiary/aromatic N) is 2. The molecule has 7 heteroatoms. The van der Waals surface area contributed by atoms with Crippen LogP contribution < -0.4 is 5.32 Å². The van der Waals surface area contributed by atoms with Gasteiger partial charge in [-0.1, -0.05) is 38.1 Å². The highest BCUT2D eigenvalue weighted by Crippen LogP contribution is 2.24. The van der Waals surface area contributed by atoms with E-state index in [1.807, 2.05) is 33.0 Å². The number of aryl methyl sites for hydroxylation is 2. The van der Waals surface area contributed by atoms with Crippen LogP contribution in [0.4, 0.5) is 0 Å². The summed E-state index contributed by atoms with van der Waals surface area (Å²) >= 11 is 0. The van der Waals surface area contributed by atoms with Gasteiger partial charge in [-0.15, -0.1) is 0 Å². The molecule has 0 aliphatic carbocycles. The van der Waals surface area contributed by atoms with E-state index in [9.17, 15) is 13.2 Å². The summed E-state index contributed by atoms with van der Waals surface area (Å²) in [6.07, 6.45) is 0.759. The van der Waals surface area contributed by atoms with Crippen molar-refractivity contribution in [3.8, 4) is 0 Å². The number of hydrogen-bond acceptors (Lipinski definition) is 3. The monoisotopic (exact) mass is 427 g/mol. The van der Waals surface area contributed by atoms with Crippen molar-refractivity contribution in [3.05, 3.63) is 65.4 Å². The minimum Gasteiger partial charge on any atom is -0.350 e. The topological polar surface area (TPSA) is 71.4 Å². The molecule has 160 valence electrons. The SMILES string of the molecule is CCN(CC)S(=O)(=O)c1ccc2c(c1)cc(C(=O)NCCc1ccccc1C)n2C. The molecule has 2 aromatic carbocycles. The van der Waals surface area contributed by atoms with Crippen LogP contribution in [0.3, 0.4) is 0 Å². The molecule has 0 saturated heterocycles. The number of aromatic nitrogens is 1. The van der Waals surface area contributed by atoms with Gasteiger partial charge in [0, 0.05) is 37.6 Å². The van der Waals surface area contributed by atoms with E-state index >= 15 is 0 Å². The molecule has 0 spiro atoms. The average molecular weight is 428 g/mol. The number of carbonyl (C=O) groups is 1. The van der Waals surface area contributed by atoms with Crippen LogP contribution in [0.25, 0.3) is 10.9 Å². The second-order valence-corrected chi connectivity index (χ2v) is 9.27. The fraction of sp³-hybridized carbons (Fsp3) is 0.348. The van der Waals surface area contributed by atoms with Crippen LogP contribution in [0.5, 0.6) is 0 Å². The Hall–Kier alpha value is -2.64. The van der Waals surface area contributed by atoms with Crippen molar-refractivity contribution < 1.29 is 13.2 Å². The third kappa shape index (κ3) is 4.27. The summed E-state index contributed by atoms with van der Waals surface area (Å²) in [6, 6.07) is 14.9. The van der Waals surface area contributed by atoms with Crippen molar-refractivity contribution in [2.45, 2.75) is 32.1 Å². The lowest BCUT2D eigenvalue weighted by Crippen LogP contribution is -2.30. The molecule has 1 amide bonds. The minimum atomic E-state index is -3.54. The number of amides is 1.